The van der Waals surface area contributed by atoms with Crippen molar-refractivity contribution in [3.8, 4) is 11.6 Å². The highest BCUT2D eigenvalue weighted by Crippen LogP contribution is 2.20. The molecular formula is C15H20N4O2. The SMILES string of the molecule is CCCOc1ccnc(Nc2cccc(OCCN)c2)n1. The number of nitrogens with two attached hydrogens (primary N) is 1. The quantitative estimate of drug-likeness (QED) is 0.776. The van der Waals surface area contributed by atoms with Crippen LogP contribution in [-0.4, -0.2) is 29.7 Å². The number of ether oxygens (including phenoxy) is 2. The number of nitrogens with zero attached hydrogens (tertiary/aromatic N) is 2. The van der Waals surface area contributed by atoms with Gasteiger partial charge >= 0.3 is 0 Å². The lowest BCUT2D eigenvalue weighted by Crippen LogP contribution is -2.10. The lowest BCUT2D eigenvalue weighted by atomic mass is 10.3. The molecule has 3 N–H and O–H groups in total. The van der Waals surface area contributed by atoms with Crippen LogP contribution < -0.4 is 20.5 Å². The molecule has 21 heavy (non-hydrogen) atoms. The lowest BCUT2D eigenvalue weighted by Gasteiger charge is -2.09. The van der Waals surface area contributed by atoms with Crippen molar-refractivity contribution in [2.45, 2.75) is 13.3 Å². The van der Waals surface area contributed by atoms with Gasteiger partial charge in [-0.2, -0.15) is 4.98 Å². The van der Waals surface area contributed by atoms with E-state index < -0.39 is 0 Å². The van der Waals surface area contributed by atoms with Crippen LogP contribution in [0.15, 0.2) is 36.5 Å². The average Bonchev–Trinajstić information content (AvgIpc) is 2.52. The van der Waals surface area contributed by atoms with Gasteiger partial charge in [0.2, 0.25) is 11.8 Å². The molecule has 6 heteroatoms. The van der Waals surface area contributed by atoms with Crippen molar-refractivity contribution >= 4 is 11.6 Å². The van der Waals surface area contributed by atoms with Crippen molar-refractivity contribution in [3.05, 3.63) is 36.5 Å². The van der Waals surface area contributed by atoms with Crippen LogP contribution in [0.3, 0.4) is 0 Å². The molecule has 0 spiro atoms. The molecule has 1 aromatic heterocycles. The van der Waals surface area contributed by atoms with E-state index in [1.807, 2.05) is 31.2 Å². The van der Waals surface area contributed by atoms with E-state index in [2.05, 4.69) is 15.3 Å². The molecule has 112 valence electrons. The summed E-state index contributed by atoms with van der Waals surface area (Å²) in [6.45, 7) is 3.66. The van der Waals surface area contributed by atoms with E-state index in [1.54, 1.807) is 12.3 Å². The van der Waals surface area contributed by atoms with Gasteiger partial charge in [0.1, 0.15) is 12.4 Å². The first-order valence-corrected chi connectivity index (χ1v) is 6.97. The Kier molecular flexibility index (Phi) is 5.78. The summed E-state index contributed by atoms with van der Waals surface area (Å²) in [5.74, 6) is 1.80. The van der Waals surface area contributed by atoms with Crippen molar-refractivity contribution in [2.75, 3.05) is 25.1 Å². The number of anilines is 2. The zero-order valence-corrected chi connectivity index (χ0v) is 12.1. The number of rotatable bonds is 8. The van der Waals surface area contributed by atoms with Crippen LogP contribution in [0.2, 0.25) is 0 Å². The highest BCUT2D eigenvalue weighted by Gasteiger charge is 2.02. The molecule has 0 bridgehead atoms. The summed E-state index contributed by atoms with van der Waals surface area (Å²) in [5.41, 5.74) is 6.26. The van der Waals surface area contributed by atoms with Gasteiger partial charge in [-0.1, -0.05) is 13.0 Å². The zero-order chi connectivity index (χ0) is 14.9. The van der Waals surface area contributed by atoms with E-state index in [4.69, 9.17) is 15.2 Å². The molecule has 6 nitrogen and oxygen atoms in total. The molecule has 0 saturated carbocycles. The number of hydrogen-bond donors (Lipinski definition) is 2. The first kappa shape index (κ1) is 15.1. The second-order valence-electron chi connectivity index (χ2n) is 4.36. The Balaban J connectivity index is 2.03. The zero-order valence-electron chi connectivity index (χ0n) is 12.1. The Morgan fingerprint density at radius 1 is 1.19 bits per heavy atom. The normalized spacial score (nSPS) is 10.2. The summed E-state index contributed by atoms with van der Waals surface area (Å²) in [4.78, 5) is 8.46. The van der Waals surface area contributed by atoms with Crippen molar-refractivity contribution in [1.29, 1.82) is 0 Å². The van der Waals surface area contributed by atoms with Gasteiger partial charge in [-0.15, -0.1) is 0 Å². The van der Waals surface area contributed by atoms with Gasteiger partial charge in [0.15, 0.2) is 0 Å². The van der Waals surface area contributed by atoms with Gasteiger partial charge in [0, 0.05) is 30.6 Å². The third-order valence-electron chi connectivity index (χ3n) is 2.56. The fourth-order valence-electron chi connectivity index (χ4n) is 1.66. The molecular weight excluding hydrogens is 268 g/mol. The Labute approximate surface area is 124 Å². The van der Waals surface area contributed by atoms with Crippen molar-refractivity contribution in [2.24, 2.45) is 5.73 Å². The second kappa shape index (κ2) is 8.06. The summed E-state index contributed by atoms with van der Waals surface area (Å²) in [6, 6.07) is 9.30. The molecule has 0 fully saturated rings. The predicted octanol–water partition coefficient (Wildman–Crippen LogP) is 2.35. The molecule has 0 unspecified atom stereocenters. The fourth-order valence-corrected chi connectivity index (χ4v) is 1.66. The van der Waals surface area contributed by atoms with Crippen LogP contribution in [-0.2, 0) is 0 Å². The van der Waals surface area contributed by atoms with Crippen LogP contribution in [0.25, 0.3) is 0 Å². The molecule has 0 aliphatic carbocycles. The molecule has 0 aliphatic rings. The van der Waals surface area contributed by atoms with Gasteiger partial charge in [-0.3, -0.25) is 0 Å². The molecule has 0 atom stereocenters. The van der Waals surface area contributed by atoms with Gasteiger partial charge in [0.25, 0.3) is 0 Å². The summed E-state index contributed by atoms with van der Waals surface area (Å²) in [7, 11) is 0. The summed E-state index contributed by atoms with van der Waals surface area (Å²) < 4.78 is 11.0. The van der Waals surface area contributed by atoms with Gasteiger partial charge in [-0.25, -0.2) is 4.98 Å². The Morgan fingerprint density at radius 2 is 2.10 bits per heavy atom. The van der Waals surface area contributed by atoms with Crippen LogP contribution in [0.4, 0.5) is 11.6 Å². The van der Waals surface area contributed by atoms with E-state index in [0.29, 0.717) is 31.6 Å². The van der Waals surface area contributed by atoms with Crippen LogP contribution in [0, 0.1) is 0 Å². The third kappa shape index (κ3) is 4.92. The van der Waals surface area contributed by atoms with Crippen LogP contribution in [0.5, 0.6) is 11.6 Å². The number of nitrogens with one attached hydrogen (secondary N) is 1. The molecule has 0 amide bonds. The minimum Gasteiger partial charge on any atom is -0.492 e. The van der Waals surface area contributed by atoms with E-state index in [1.165, 1.54) is 0 Å². The highest BCUT2D eigenvalue weighted by molar-refractivity contribution is 5.55. The number of aromatic nitrogens is 2. The molecule has 2 rings (SSSR count). The number of hydrogen-bond acceptors (Lipinski definition) is 6. The van der Waals surface area contributed by atoms with Crippen molar-refractivity contribution in [3.63, 3.8) is 0 Å². The molecule has 0 radical (unpaired) electrons. The molecule has 1 heterocycles. The summed E-state index contributed by atoms with van der Waals surface area (Å²) in [5, 5.41) is 3.12. The fraction of sp³-hybridized carbons (Fsp3) is 0.333. The van der Waals surface area contributed by atoms with Crippen LogP contribution >= 0.6 is 0 Å². The standard InChI is InChI=1S/C15H20N4O2/c1-2-9-21-14-6-8-17-15(19-14)18-12-4-3-5-13(11-12)20-10-7-16/h3-6,8,11H,2,7,9-10,16H2,1H3,(H,17,18,19). The average molecular weight is 288 g/mol. The first-order valence-electron chi connectivity index (χ1n) is 6.97. The monoisotopic (exact) mass is 288 g/mol. The Hall–Kier alpha value is -2.34. The topological polar surface area (TPSA) is 82.3 Å². The maximum Gasteiger partial charge on any atom is 0.230 e. The van der Waals surface area contributed by atoms with Crippen molar-refractivity contribution < 1.29 is 9.47 Å². The summed E-state index contributed by atoms with van der Waals surface area (Å²) >= 11 is 0. The molecule has 1 aromatic carbocycles. The highest BCUT2D eigenvalue weighted by atomic mass is 16.5. The Morgan fingerprint density at radius 3 is 2.90 bits per heavy atom. The van der Waals surface area contributed by atoms with E-state index in [9.17, 15) is 0 Å². The molecule has 0 saturated heterocycles. The first-order chi connectivity index (χ1) is 10.3. The van der Waals surface area contributed by atoms with Gasteiger partial charge < -0.3 is 20.5 Å². The molecule has 2 aromatic rings. The van der Waals surface area contributed by atoms with Gasteiger partial charge in [-0.05, 0) is 18.6 Å². The lowest BCUT2D eigenvalue weighted by molar-refractivity contribution is 0.305. The maximum atomic E-state index is 5.48. The molecule has 0 aliphatic heterocycles. The van der Waals surface area contributed by atoms with E-state index in [-0.39, 0.29) is 0 Å². The van der Waals surface area contributed by atoms with Gasteiger partial charge in [0.05, 0.1) is 6.61 Å². The van der Waals surface area contributed by atoms with Crippen molar-refractivity contribution in [1.82, 2.24) is 9.97 Å². The second-order valence-corrected chi connectivity index (χ2v) is 4.36. The minimum absolute atomic E-state index is 0.484. The largest absolute Gasteiger partial charge is 0.492 e. The smallest absolute Gasteiger partial charge is 0.230 e. The Bertz CT molecular complexity index is 513. The third-order valence-corrected chi connectivity index (χ3v) is 2.56. The summed E-state index contributed by atoms with van der Waals surface area (Å²) in [6.07, 6.45) is 2.60. The minimum atomic E-state index is 0.484. The number of benzene rings is 1. The maximum absolute atomic E-state index is 5.48. The van der Waals surface area contributed by atoms with E-state index >= 15 is 0 Å². The predicted molar refractivity (Wildman–Crippen MR) is 82.1 cm³/mol. The van der Waals surface area contributed by atoms with Crippen LogP contribution in [0.1, 0.15) is 13.3 Å². The van der Waals surface area contributed by atoms with E-state index in [0.717, 1.165) is 17.9 Å².